The molecule has 0 saturated carbocycles. The third kappa shape index (κ3) is 4.36. The van der Waals surface area contributed by atoms with Gasteiger partial charge in [0.2, 0.25) is 0 Å². The highest BCUT2D eigenvalue weighted by molar-refractivity contribution is 7.98. The molecule has 0 aliphatic heterocycles. The Morgan fingerprint density at radius 2 is 1.46 bits per heavy atom. The smallest absolute Gasteiger partial charge is 0.147 e. The molecule has 2 N–H and O–H groups in total. The predicted octanol–water partition coefficient (Wildman–Crippen LogP) is 7.67. The maximum atomic E-state index is 10.3. The fourth-order valence-corrected chi connectivity index (χ4v) is 4.44. The van der Waals surface area contributed by atoms with E-state index < -0.39 is 0 Å². The lowest BCUT2D eigenvalue weighted by atomic mass is 10.0. The van der Waals surface area contributed by atoms with E-state index >= 15 is 0 Å². The number of aromatic hydroxyl groups is 2. The van der Waals surface area contributed by atoms with E-state index in [2.05, 4.69) is 0 Å². The molecule has 134 valence electrons. The summed E-state index contributed by atoms with van der Waals surface area (Å²) in [4.78, 5) is 0.520. The Morgan fingerprint density at radius 1 is 0.731 bits per heavy atom. The highest BCUT2D eigenvalue weighted by Gasteiger charge is 2.13. The minimum absolute atomic E-state index is 0.00226. The quantitative estimate of drug-likeness (QED) is 0.404. The molecule has 3 rings (SSSR count). The molecule has 0 unspecified atom stereocenters. The van der Waals surface area contributed by atoms with Crippen molar-refractivity contribution in [2.75, 3.05) is 0 Å². The molecule has 2 nitrogen and oxygen atoms in total. The first-order valence-corrected chi connectivity index (χ1v) is 9.93. The Bertz CT molecular complexity index is 976. The molecule has 0 heterocycles. The molecule has 0 radical (unpaired) electrons. The van der Waals surface area contributed by atoms with Gasteiger partial charge in [-0.3, -0.25) is 0 Å². The standard InChI is InChI=1S/C19H12Cl4O2S/c20-13-3-1-2-10(5-13)11-4-12(18(24)15(22)6-11)9-26-17-8-14(21)7-16(23)19(17)25/h1-8,24-25H,9H2. The molecule has 0 bridgehead atoms. The maximum Gasteiger partial charge on any atom is 0.147 e. The van der Waals surface area contributed by atoms with E-state index in [1.807, 2.05) is 24.3 Å². The first kappa shape index (κ1) is 19.5. The molecular weight excluding hydrogens is 434 g/mol. The van der Waals surface area contributed by atoms with E-state index in [4.69, 9.17) is 46.4 Å². The van der Waals surface area contributed by atoms with Gasteiger partial charge >= 0.3 is 0 Å². The van der Waals surface area contributed by atoms with Crippen molar-refractivity contribution in [1.29, 1.82) is 0 Å². The van der Waals surface area contributed by atoms with Crippen molar-refractivity contribution >= 4 is 58.2 Å². The molecule has 0 atom stereocenters. The summed E-state index contributed by atoms with van der Waals surface area (Å²) >= 11 is 25.5. The molecular formula is C19H12Cl4O2S. The minimum atomic E-state index is -0.0438. The Morgan fingerprint density at radius 3 is 2.19 bits per heavy atom. The van der Waals surface area contributed by atoms with Crippen molar-refractivity contribution < 1.29 is 10.2 Å². The van der Waals surface area contributed by atoms with Crippen molar-refractivity contribution in [3.05, 3.63) is 74.2 Å². The lowest BCUT2D eigenvalue weighted by Gasteiger charge is -2.12. The van der Waals surface area contributed by atoms with E-state index in [-0.39, 0.29) is 21.5 Å². The molecule has 0 aromatic heterocycles. The molecule has 7 heteroatoms. The van der Waals surface area contributed by atoms with Gasteiger partial charge in [-0.25, -0.2) is 0 Å². The van der Waals surface area contributed by atoms with E-state index in [0.29, 0.717) is 26.3 Å². The van der Waals surface area contributed by atoms with Crippen LogP contribution in [0.1, 0.15) is 5.56 Å². The van der Waals surface area contributed by atoms with Gasteiger partial charge in [-0.2, -0.15) is 0 Å². The number of phenols is 2. The topological polar surface area (TPSA) is 40.5 Å². The molecule has 3 aromatic rings. The SMILES string of the molecule is Oc1c(Cl)cc(-c2cccc(Cl)c2)cc1CSc1cc(Cl)cc(Cl)c1O. The van der Waals surface area contributed by atoms with Gasteiger partial charge in [-0.05, 0) is 47.5 Å². The van der Waals surface area contributed by atoms with Gasteiger partial charge in [0, 0.05) is 21.4 Å². The van der Waals surface area contributed by atoms with Crippen molar-refractivity contribution in [2.24, 2.45) is 0 Å². The summed E-state index contributed by atoms with van der Waals surface area (Å²) in [5.41, 5.74) is 2.34. The monoisotopic (exact) mass is 444 g/mol. The molecule has 0 aliphatic carbocycles. The molecule has 0 aliphatic rings. The Hall–Kier alpha value is -1.23. The minimum Gasteiger partial charge on any atom is -0.506 e. The normalized spacial score (nSPS) is 10.9. The second kappa shape index (κ2) is 8.20. The molecule has 0 fully saturated rings. The second-order valence-electron chi connectivity index (χ2n) is 5.50. The van der Waals surface area contributed by atoms with Crippen LogP contribution in [-0.2, 0) is 5.75 Å². The average molecular weight is 446 g/mol. The lowest BCUT2D eigenvalue weighted by molar-refractivity contribution is 0.462. The van der Waals surface area contributed by atoms with Gasteiger partial charge in [0.05, 0.1) is 14.9 Å². The van der Waals surface area contributed by atoms with E-state index in [1.165, 1.54) is 17.8 Å². The number of benzene rings is 3. The van der Waals surface area contributed by atoms with Gasteiger partial charge in [0.15, 0.2) is 0 Å². The summed E-state index contributed by atoms with van der Waals surface area (Å²) in [6.07, 6.45) is 0. The number of hydrogen-bond acceptors (Lipinski definition) is 3. The molecule has 3 aromatic carbocycles. The van der Waals surface area contributed by atoms with Gasteiger partial charge < -0.3 is 10.2 Å². The highest BCUT2D eigenvalue weighted by atomic mass is 35.5. The molecule has 26 heavy (non-hydrogen) atoms. The van der Waals surface area contributed by atoms with Crippen LogP contribution in [0.25, 0.3) is 11.1 Å². The summed E-state index contributed by atoms with van der Waals surface area (Å²) in [6, 6.07) is 14.0. The maximum absolute atomic E-state index is 10.3. The van der Waals surface area contributed by atoms with E-state index in [0.717, 1.165) is 11.1 Å². The van der Waals surface area contributed by atoms with Crippen molar-refractivity contribution in [3.8, 4) is 22.6 Å². The van der Waals surface area contributed by atoms with Crippen LogP contribution in [-0.4, -0.2) is 10.2 Å². The van der Waals surface area contributed by atoms with Gasteiger partial charge in [0.25, 0.3) is 0 Å². The van der Waals surface area contributed by atoms with Gasteiger partial charge in [-0.1, -0.05) is 58.5 Å². The van der Waals surface area contributed by atoms with E-state index in [1.54, 1.807) is 18.2 Å². The molecule has 0 amide bonds. The zero-order valence-corrected chi connectivity index (χ0v) is 17.0. The predicted molar refractivity (Wildman–Crippen MR) is 111 cm³/mol. The number of halogens is 4. The number of rotatable bonds is 4. The van der Waals surface area contributed by atoms with Gasteiger partial charge in [-0.15, -0.1) is 11.8 Å². The number of phenolic OH excluding ortho intramolecular Hbond substituents is 2. The summed E-state index contributed by atoms with van der Waals surface area (Å²) < 4.78 is 0. The first-order chi connectivity index (χ1) is 12.3. The fraction of sp³-hybridized carbons (Fsp3) is 0.0526. The van der Waals surface area contributed by atoms with Crippen molar-refractivity contribution in [1.82, 2.24) is 0 Å². The third-order valence-corrected chi connectivity index (χ3v) is 5.78. The summed E-state index contributed by atoms with van der Waals surface area (Å²) in [7, 11) is 0. The zero-order chi connectivity index (χ0) is 18.8. The second-order valence-corrected chi connectivity index (χ2v) is 8.20. The molecule has 0 saturated heterocycles. The highest BCUT2D eigenvalue weighted by Crippen LogP contribution is 2.41. The fourth-order valence-electron chi connectivity index (χ4n) is 2.41. The van der Waals surface area contributed by atoms with E-state index in [9.17, 15) is 10.2 Å². The average Bonchev–Trinajstić information content (AvgIpc) is 2.59. The third-order valence-electron chi connectivity index (χ3n) is 3.68. The van der Waals surface area contributed by atoms with Crippen molar-refractivity contribution in [2.45, 2.75) is 10.6 Å². The summed E-state index contributed by atoms with van der Waals surface area (Å²) in [5, 5.41) is 21.8. The van der Waals surface area contributed by atoms with Crippen LogP contribution in [0, 0.1) is 0 Å². The van der Waals surface area contributed by atoms with Crippen LogP contribution in [0.4, 0.5) is 0 Å². The first-order valence-electron chi connectivity index (χ1n) is 7.43. The van der Waals surface area contributed by atoms with Crippen LogP contribution >= 0.6 is 58.2 Å². The number of hydrogen-bond donors (Lipinski definition) is 2. The zero-order valence-electron chi connectivity index (χ0n) is 13.1. The number of thioether (sulfide) groups is 1. The lowest BCUT2D eigenvalue weighted by Crippen LogP contribution is -1.88. The Kier molecular flexibility index (Phi) is 6.16. The van der Waals surface area contributed by atoms with Crippen LogP contribution in [0.5, 0.6) is 11.5 Å². The van der Waals surface area contributed by atoms with Crippen LogP contribution in [0.2, 0.25) is 20.1 Å². The molecule has 0 spiro atoms. The van der Waals surface area contributed by atoms with Crippen LogP contribution in [0.3, 0.4) is 0 Å². The Balaban J connectivity index is 1.93. The van der Waals surface area contributed by atoms with Crippen molar-refractivity contribution in [3.63, 3.8) is 0 Å². The summed E-state index contributed by atoms with van der Waals surface area (Å²) in [5.74, 6) is 0.319. The largest absolute Gasteiger partial charge is 0.506 e. The van der Waals surface area contributed by atoms with Crippen LogP contribution < -0.4 is 0 Å². The van der Waals surface area contributed by atoms with Crippen LogP contribution in [0.15, 0.2) is 53.4 Å². The van der Waals surface area contributed by atoms with Gasteiger partial charge in [0.1, 0.15) is 11.5 Å². The summed E-state index contributed by atoms with van der Waals surface area (Å²) in [6.45, 7) is 0. The Labute approximate surface area is 175 Å².